The van der Waals surface area contributed by atoms with Crippen LogP contribution in [-0.4, -0.2) is 211 Å². The fraction of sp³-hybridized carbons (Fsp3) is 0.725. The first-order valence-electron chi connectivity index (χ1n) is 45.8. The predicted octanol–water partition coefficient (Wildman–Crippen LogP) is 24.9. The van der Waals surface area contributed by atoms with Crippen LogP contribution in [-0.2, 0) is 41.3 Å². The van der Waals surface area contributed by atoms with E-state index in [1.165, 1.54) is 124 Å². The summed E-state index contributed by atoms with van der Waals surface area (Å²) in [5.74, 6) is 0.345. The molecule has 14 nitrogen and oxygen atoms in total. The number of ether oxygens (including phenoxy) is 3. The van der Waals surface area contributed by atoms with Gasteiger partial charge in [0.25, 0.3) is 0 Å². The van der Waals surface area contributed by atoms with Crippen molar-refractivity contribution in [1.29, 1.82) is 5.26 Å². The lowest BCUT2D eigenvalue weighted by molar-refractivity contribution is -0.884. The Morgan fingerprint density at radius 3 is 1.11 bits per heavy atom. The van der Waals surface area contributed by atoms with Crippen molar-refractivity contribution in [3.05, 3.63) is 160 Å². The van der Waals surface area contributed by atoms with Crippen LogP contribution in [0, 0.1) is 25.2 Å². The van der Waals surface area contributed by atoms with Crippen LogP contribution in [0.15, 0.2) is 116 Å². The zero-order valence-electron chi connectivity index (χ0n) is 84.4. The molecule has 4 aromatic carbocycles. The Labute approximate surface area is 764 Å². The topological polar surface area (TPSA) is 134 Å². The number of likely N-dealkylation sites (tertiary alicyclic amines) is 2. The highest BCUT2D eigenvalue weighted by molar-refractivity contribution is 5.49. The Hall–Kier alpha value is -5.28. The minimum absolute atomic E-state index is 0. The number of nitrogens with two attached hydrogens (primary N) is 1. The van der Waals surface area contributed by atoms with E-state index in [2.05, 4.69) is 339 Å². The summed E-state index contributed by atoms with van der Waals surface area (Å²) in [6, 6.07) is 36.3. The number of piperidine rings is 2. The minimum Gasteiger partial charge on any atom is -0.508 e. The van der Waals surface area contributed by atoms with Crippen molar-refractivity contribution in [3.8, 4) is 11.8 Å². The number of hydrogen-bond acceptors (Lipinski definition) is 13. The van der Waals surface area contributed by atoms with Crippen LogP contribution in [0.4, 0.5) is 5.69 Å². The van der Waals surface area contributed by atoms with Crippen molar-refractivity contribution in [1.82, 2.24) is 34.4 Å². The van der Waals surface area contributed by atoms with Crippen molar-refractivity contribution in [2.75, 3.05) is 125 Å². The summed E-state index contributed by atoms with van der Waals surface area (Å²) in [7, 11) is 4.44. The second-order valence-corrected chi connectivity index (χ2v) is 44.5. The Kier molecular flexibility index (Phi) is 58.1. The summed E-state index contributed by atoms with van der Waals surface area (Å²) >= 11 is 0. The summed E-state index contributed by atoms with van der Waals surface area (Å²) < 4.78 is 16.7. The lowest BCUT2D eigenvalue weighted by Crippen LogP contribution is -3.11. The summed E-state index contributed by atoms with van der Waals surface area (Å²) in [5.41, 5.74) is 19.0. The predicted molar refractivity (Wildman–Crippen MR) is 545 cm³/mol. The Bertz CT molecular complexity index is 3450. The van der Waals surface area contributed by atoms with Crippen LogP contribution in [0.1, 0.15) is 355 Å². The van der Waals surface area contributed by atoms with Crippen LogP contribution in [0.5, 0.6) is 5.75 Å². The maximum atomic E-state index is 9.18. The monoisotopic (exact) mass is 1720 g/mol. The van der Waals surface area contributed by atoms with Crippen molar-refractivity contribution < 1.29 is 24.2 Å². The van der Waals surface area contributed by atoms with Gasteiger partial charge in [-0.1, -0.05) is 226 Å². The van der Waals surface area contributed by atoms with E-state index in [1.54, 1.807) is 23.2 Å². The highest BCUT2D eigenvalue weighted by Gasteiger charge is 2.32. The first-order valence-corrected chi connectivity index (χ1v) is 45.8. The lowest BCUT2D eigenvalue weighted by Gasteiger charge is -2.43. The molecule has 6 saturated heterocycles. The van der Waals surface area contributed by atoms with Crippen molar-refractivity contribution in [3.63, 3.8) is 0 Å². The zero-order chi connectivity index (χ0) is 91.4. The number of quaternary nitrogens is 1. The number of aryl methyl sites for hydroxylation is 2. The second kappa shape index (κ2) is 57.6. The molecule has 0 aliphatic carbocycles. The van der Waals surface area contributed by atoms with E-state index in [-0.39, 0.29) is 62.3 Å². The highest BCUT2D eigenvalue weighted by Crippen LogP contribution is 2.30. The molecule has 0 unspecified atom stereocenters. The van der Waals surface area contributed by atoms with Crippen LogP contribution in [0.2, 0.25) is 0 Å². The van der Waals surface area contributed by atoms with Crippen LogP contribution in [0.3, 0.4) is 0 Å². The van der Waals surface area contributed by atoms with Gasteiger partial charge >= 0.3 is 0 Å². The number of aromatic nitrogens is 1. The van der Waals surface area contributed by atoms with Gasteiger partial charge in [0.15, 0.2) is 0 Å². The molecule has 0 radical (unpaired) electrons. The molecule has 712 valence electrons. The number of morpholine rings is 3. The fourth-order valence-electron chi connectivity index (χ4n) is 13.9. The second-order valence-electron chi connectivity index (χ2n) is 44.5. The molecule has 4 N–H and O–H groups in total. The van der Waals surface area contributed by atoms with Gasteiger partial charge in [-0.3, -0.25) is 34.4 Å². The number of piperazine rings is 1. The van der Waals surface area contributed by atoms with Crippen LogP contribution in [0.25, 0.3) is 0 Å². The number of phenolic OH excluding ortho intramolecular Hbond substituents is 1. The third kappa shape index (κ3) is 54.6. The van der Waals surface area contributed by atoms with Gasteiger partial charge < -0.3 is 30.0 Å². The molecular weight excluding hydrogens is 1510 g/mol. The number of rotatable bonds is 1. The normalized spacial score (nSPS) is 19.2. The number of aromatic hydroxyl groups is 1. The largest absolute Gasteiger partial charge is 0.508 e. The average molecular weight is 1720 g/mol. The van der Waals surface area contributed by atoms with Crippen LogP contribution >= 0.6 is 0 Å². The summed E-state index contributed by atoms with van der Waals surface area (Å²) in [4.78, 5) is 20.7. The standard InChI is InChI=1S/C11H17N.C11H13N.C11H16.2C10H21NO.C10H14O.C9H19NO.C9H13N.2C9H19N.C6H14N2.4CH4/c1-8-7-9(11(2,3)4)5-6-10(8)12;1-11(2,3)10-6-4-9(8-12)5-7-10;1-9-5-7-10(8-6-9)11(2,3)4;1-8-6-11(10(3,4)5)7-9(2)12-8;1-5-9-8-11(6-7-12-9)10(2,3)4;1-10(2,3)8-5-4-6-9(11)7-8;1-8-7-10(5-6-11-8)9(2,3)4;1-9(2,3)8-5-4-6-10-7-8;2*1-9(2,3)10-7-5-4-6-8-10;1-7-3-5-8(2)6-4-7;;;;/h5-7H,12H2,1-4H3;4-7H,1-3H3;5-8H,1-4H3;8-9H,6-7H2,1-5H3;9H,5-8H2,1-4H3;4-7,11H,1-3H3;8H,5-7H2,1-4H3;4-7H,1-3H3;2*4-8H2,1-3H3;3-6H2,1-2H3;4*1H4/p+1/t;;;8-,9+;9-;;8-;;;;;;;;/m....1.1......../s1. The first kappa shape index (κ1) is 124. The molecule has 11 rings (SSSR count). The smallest absolute Gasteiger partial charge is 0.115 e. The summed E-state index contributed by atoms with van der Waals surface area (Å²) in [6.45, 7) is 98.4. The number of nitrogen functional groups attached to an aromatic ring is 1. The maximum Gasteiger partial charge on any atom is 0.115 e. The van der Waals surface area contributed by atoms with Gasteiger partial charge in [-0.25, -0.2) is 0 Å². The van der Waals surface area contributed by atoms with Gasteiger partial charge in [0.05, 0.1) is 69.4 Å². The maximum absolute atomic E-state index is 9.18. The first-order chi connectivity index (χ1) is 54.5. The molecule has 14 heteroatoms. The Balaban J connectivity index is -0.000000632. The molecule has 0 amide bonds. The number of likely N-dealkylation sites (N-methyl/N-ethyl adjacent to an activating group) is 2. The fourth-order valence-corrected chi connectivity index (χ4v) is 13.9. The third-order valence-electron chi connectivity index (χ3n) is 22.7. The third-order valence-corrected chi connectivity index (χ3v) is 22.7. The number of nitrogens with zero attached hydrogens (tertiary/aromatic N) is 8. The van der Waals surface area contributed by atoms with Crippen molar-refractivity contribution in [2.24, 2.45) is 0 Å². The average Bonchev–Trinajstić information content (AvgIpc) is 0.841. The van der Waals surface area contributed by atoms with E-state index in [4.69, 9.17) is 25.2 Å². The van der Waals surface area contributed by atoms with E-state index in [1.807, 2.05) is 61.7 Å². The minimum atomic E-state index is 0. The van der Waals surface area contributed by atoms with Gasteiger partial charge in [0.2, 0.25) is 0 Å². The number of nitrogens with one attached hydrogen (secondary N) is 1. The van der Waals surface area contributed by atoms with Gasteiger partial charge in [0, 0.05) is 98.1 Å². The number of benzene rings is 4. The molecular formula is C109H203N10O4+. The lowest BCUT2D eigenvalue weighted by atomic mass is 9.86. The SMILES string of the molecule is C.C.C.C.CC(C)(C)N1CCCCC1.CC(C)(C)N1CCCCC1.CC(C)(C)c1ccc(C#N)cc1.CC(C)(C)c1cccc(O)c1.CC(C)(C)c1cccnc1.CC[C@@H]1CN(C(C)(C)C)CCO1.CN1CC[NH+](C)CC1.C[C@@H]1CN(C(C)(C)C)CCO1.C[C@@H]1CN(C(C)(C)C)C[C@H](C)O1.Cc1cc(C(C)(C)C)ccc1N.Cc1ccc(C(C)(C)C)cc1. The molecule has 6 aliphatic heterocycles. The van der Waals surface area contributed by atoms with Crippen molar-refractivity contribution in [2.45, 2.75) is 403 Å². The number of nitriles is 1. The van der Waals surface area contributed by atoms with Gasteiger partial charge in [-0.05, 0) is 301 Å². The number of pyridine rings is 1. The molecule has 1 aromatic heterocycles. The van der Waals surface area contributed by atoms with Gasteiger partial charge in [-0.15, -0.1) is 0 Å². The van der Waals surface area contributed by atoms with Gasteiger partial charge in [0.1, 0.15) is 5.75 Å². The van der Waals surface area contributed by atoms with Gasteiger partial charge in [-0.2, -0.15) is 5.26 Å². The number of anilines is 1. The molecule has 6 aliphatic rings. The van der Waals surface area contributed by atoms with E-state index in [0.717, 1.165) is 75.7 Å². The van der Waals surface area contributed by atoms with E-state index < -0.39 is 0 Å². The molecule has 0 saturated carbocycles. The number of hydrogen-bond donors (Lipinski definition) is 3. The molecule has 4 atom stereocenters. The molecule has 6 fully saturated rings. The Morgan fingerprint density at radius 1 is 0.431 bits per heavy atom. The molecule has 5 aromatic rings. The van der Waals surface area contributed by atoms with E-state index >= 15 is 0 Å². The van der Waals surface area contributed by atoms with Crippen LogP contribution < -0.4 is 10.6 Å². The molecule has 7 heterocycles. The Morgan fingerprint density at radius 2 is 0.797 bits per heavy atom. The highest BCUT2D eigenvalue weighted by atomic mass is 16.5. The number of phenols is 1. The molecule has 0 bridgehead atoms. The van der Waals surface area contributed by atoms with Crippen molar-refractivity contribution >= 4 is 5.69 Å². The molecule has 0 spiro atoms. The van der Waals surface area contributed by atoms with E-state index in [0.29, 0.717) is 52.3 Å². The molecule has 123 heavy (non-hydrogen) atoms. The quantitative estimate of drug-likeness (QED) is 0.138. The zero-order valence-corrected chi connectivity index (χ0v) is 84.4. The summed E-state index contributed by atoms with van der Waals surface area (Å²) in [5, 5.41) is 17.8. The van der Waals surface area contributed by atoms with E-state index in [9.17, 15) is 5.11 Å². The summed E-state index contributed by atoms with van der Waals surface area (Å²) in [6.07, 6.45) is 15.0.